The van der Waals surface area contributed by atoms with Gasteiger partial charge in [0, 0.05) is 12.2 Å². The summed E-state index contributed by atoms with van der Waals surface area (Å²) in [5.41, 5.74) is 0. The molecule has 6 nitrogen and oxygen atoms in total. The Balaban J connectivity index is 0. The second-order valence-corrected chi connectivity index (χ2v) is 5.81. The molecule has 0 amide bonds. The zero-order valence-corrected chi connectivity index (χ0v) is 14.8. The van der Waals surface area contributed by atoms with Crippen molar-refractivity contribution >= 4 is 11.9 Å². The summed E-state index contributed by atoms with van der Waals surface area (Å²) in [7, 11) is 0. The van der Waals surface area contributed by atoms with E-state index in [4.69, 9.17) is 20.4 Å². The lowest BCUT2D eigenvalue weighted by atomic mass is 10.1. The predicted octanol–water partition coefficient (Wildman–Crippen LogP) is 3.71. The average molecular weight is 346 g/mol. The first-order valence-corrected chi connectivity index (χ1v) is 8.90. The monoisotopic (exact) mass is 346 g/mol. The van der Waals surface area contributed by atoms with Gasteiger partial charge in [-0.15, -0.1) is 0 Å². The third-order valence-electron chi connectivity index (χ3n) is 3.43. The Morgan fingerprint density at radius 3 is 1.33 bits per heavy atom. The SMILES string of the molecule is CCCCCCCCCCCCCC(O)O.O=C(O)/C=C\C(=O)O. The molecule has 0 radical (unpaired) electrons. The van der Waals surface area contributed by atoms with Gasteiger partial charge in [-0.2, -0.15) is 0 Å². The Kier molecular flexibility index (Phi) is 20.3. The van der Waals surface area contributed by atoms with Crippen LogP contribution in [-0.2, 0) is 9.59 Å². The van der Waals surface area contributed by atoms with Crippen molar-refractivity contribution in [1.29, 1.82) is 0 Å². The van der Waals surface area contributed by atoms with Gasteiger partial charge in [-0.1, -0.05) is 71.1 Å². The van der Waals surface area contributed by atoms with Gasteiger partial charge in [0.15, 0.2) is 6.29 Å². The van der Waals surface area contributed by atoms with Crippen molar-refractivity contribution in [2.75, 3.05) is 0 Å². The van der Waals surface area contributed by atoms with Crippen LogP contribution in [0.1, 0.15) is 84.0 Å². The first-order chi connectivity index (χ1) is 11.4. The third kappa shape index (κ3) is 28.7. The van der Waals surface area contributed by atoms with Crippen LogP contribution in [-0.4, -0.2) is 38.7 Å². The van der Waals surface area contributed by atoms with Gasteiger partial charge in [-0.05, 0) is 12.8 Å². The fourth-order valence-corrected chi connectivity index (χ4v) is 2.13. The molecule has 0 fully saturated rings. The highest BCUT2D eigenvalue weighted by atomic mass is 16.5. The van der Waals surface area contributed by atoms with Gasteiger partial charge in [-0.25, -0.2) is 9.59 Å². The molecule has 0 spiro atoms. The Bertz CT molecular complexity index is 309. The maximum Gasteiger partial charge on any atom is 0.328 e. The standard InChI is InChI=1S/C14H30O2.C4H4O4/c1-2-3-4-5-6-7-8-9-10-11-12-13-14(15)16;5-3(6)1-2-4(7)8/h14-16H,2-13H2,1H3;1-2H,(H,5,6)(H,7,8)/b;2-1-. The van der Waals surface area contributed by atoms with Crippen LogP contribution in [0.4, 0.5) is 0 Å². The van der Waals surface area contributed by atoms with E-state index in [2.05, 4.69) is 6.92 Å². The lowest BCUT2D eigenvalue weighted by Crippen LogP contribution is -2.02. The number of aliphatic hydroxyl groups is 2. The normalized spacial score (nSPS) is 10.7. The fraction of sp³-hybridized carbons (Fsp3) is 0.778. The smallest absolute Gasteiger partial charge is 0.328 e. The summed E-state index contributed by atoms with van der Waals surface area (Å²) in [6.07, 6.45) is 14.9. The van der Waals surface area contributed by atoms with E-state index in [1.165, 1.54) is 57.8 Å². The lowest BCUT2D eigenvalue weighted by Gasteiger charge is -2.03. The third-order valence-corrected chi connectivity index (χ3v) is 3.43. The van der Waals surface area contributed by atoms with Crippen LogP contribution in [0.5, 0.6) is 0 Å². The molecule has 6 heteroatoms. The largest absolute Gasteiger partial charge is 0.478 e. The highest BCUT2D eigenvalue weighted by Gasteiger charge is 1.97. The minimum absolute atomic E-state index is 0.539. The van der Waals surface area contributed by atoms with Crippen LogP contribution in [0.3, 0.4) is 0 Å². The number of aliphatic carboxylic acids is 2. The van der Waals surface area contributed by atoms with Gasteiger partial charge in [0.2, 0.25) is 0 Å². The van der Waals surface area contributed by atoms with E-state index in [1.54, 1.807) is 0 Å². The topological polar surface area (TPSA) is 115 Å². The summed E-state index contributed by atoms with van der Waals surface area (Å²) in [6, 6.07) is 0. The molecule has 0 aromatic heterocycles. The molecule has 0 atom stereocenters. The second-order valence-electron chi connectivity index (χ2n) is 5.81. The maximum atomic E-state index is 9.55. The van der Waals surface area contributed by atoms with Crippen LogP contribution in [0.2, 0.25) is 0 Å². The van der Waals surface area contributed by atoms with E-state index in [0.717, 1.165) is 12.8 Å². The molecule has 0 saturated carbocycles. The van der Waals surface area contributed by atoms with Gasteiger partial charge in [-0.3, -0.25) is 0 Å². The van der Waals surface area contributed by atoms with E-state index in [0.29, 0.717) is 18.6 Å². The quantitative estimate of drug-likeness (QED) is 0.216. The van der Waals surface area contributed by atoms with E-state index in [9.17, 15) is 9.59 Å². The van der Waals surface area contributed by atoms with Gasteiger partial charge in [0.25, 0.3) is 0 Å². The van der Waals surface area contributed by atoms with E-state index >= 15 is 0 Å². The summed E-state index contributed by atoms with van der Waals surface area (Å²) in [6.45, 7) is 2.25. The molecule has 0 aliphatic carbocycles. The highest BCUT2D eigenvalue weighted by Crippen LogP contribution is 2.12. The number of rotatable bonds is 14. The fourth-order valence-electron chi connectivity index (χ4n) is 2.13. The van der Waals surface area contributed by atoms with Crippen molar-refractivity contribution in [1.82, 2.24) is 0 Å². The molecule has 0 heterocycles. The van der Waals surface area contributed by atoms with E-state index in [-0.39, 0.29) is 0 Å². The van der Waals surface area contributed by atoms with Gasteiger partial charge in [0.05, 0.1) is 0 Å². The number of hydrogen-bond donors (Lipinski definition) is 4. The van der Waals surface area contributed by atoms with Crippen molar-refractivity contribution in [3.63, 3.8) is 0 Å². The predicted molar refractivity (Wildman–Crippen MR) is 93.7 cm³/mol. The number of unbranched alkanes of at least 4 members (excludes halogenated alkanes) is 10. The van der Waals surface area contributed by atoms with Crippen LogP contribution < -0.4 is 0 Å². The maximum absolute atomic E-state index is 9.55. The molecule has 0 bridgehead atoms. The molecule has 0 rings (SSSR count). The number of hydrogen-bond acceptors (Lipinski definition) is 4. The molecular weight excluding hydrogens is 312 g/mol. The lowest BCUT2D eigenvalue weighted by molar-refractivity contribution is -0.134. The number of aliphatic hydroxyl groups excluding tert-OH is 1. The highest BCUT2D eigenvalue weighted by molar-refractivity contribution is 5.89. The molecule has 0 aromatic rings. The Morgan fingerprint density at radius 1 is 0.708 bits per heavy atom. The van der Waals surface area contributed by atoms with E-state index < -0.39 is 18.2 Å². The molecule has 0 saturated heterocycles. The average Bonchev–Trinajstić information content (AvgIpc) is 2.51. The zero-order valence-electron chi connectivity index (χ0n) is 14.8. The molecular formula is C18H34O6. The molecule has 0 aromatic carbocycles. The minimum atomic E-state index is -1.26. The number of carboxylic acids is 2. The van der Waals surface area contributed by atoms with Crippen LogP contribution in [0.15, 0.2) is 12.2 Å². The number of carboxylic acid groups (broad SMARTS) is 2. The summed E-state index contributed by atoms with van der Waals surface area (Å²) in [4.78, 5) is 19.1. The van der Waals surface area contributed by atoms with Crippen molar-refractivity contribution in [3.8, 4) is 0 Å². The summed E-state index contributed by atoms with van der Waals surface area (Å²) >= 11 is 0. The second kappa shape index (κ2) is 19.6. The molecule has 142 valence electrons. The Hall–Kier alpha value is -1.40. The van der Waals surface area contributed by atoms with Gasteiger partial charge >= 0.3 is 11.9 Å². The van der Waals surface area contributed by atoms with Crippen molar-refractivity contribution in [2.45, 2.75) is 90.3 Å². The molecule has 0 aliphatic rings. The van der Waals surface area contributed by atoms with Crippen LogP contribution >= 0.6 is 0 Å². The van der Waals surface area contributed by atoms with E-state index in [1.807, 2.05) is 0 Å². The van der Waals surface area contributed by atoms with Crippen molar-refractivity contribution < 1.29 is 30.0 Å². The van der Waals surface area contributed by atoms with Crippen molar-refractivity contribution in [2.24, 2.45) is 0 Å². The summed E-state index contributed by atoms with van der Waals surface area (Å²) in [5.74, 6) is -2.51. The summed E-state index contributed by atoms with van der Waals surface area (Å²) in [5, 5.41) is 32.9. The van der Waals surface area contributed by atoms with Crippen molar-refractivity contribution in [3.05, 3.63) is 12.2 Å². The van der Waals surface area contributed by atoms with Crippen LogP contribution in [0, 0.1) is 0 Å². The first kappa shape index (κ1) is 24.8. The molecule has 0 unspecified atom stereocenters. The molecule has 0 aliphatic heterocycles. The van der Waals surface area contributed by atoms with Crippen LogP contribution in [0.25, 0.3) is 0 Å². The summed E-state index contributed by atoms with van der Waals surface area (Å²) < 4.78 is 0. The van der Waals surface area contributed by atoms with Gasteiger partial charge in [0.1, 0.15) is 0 Å². The Morgan fingerprint density at radius 2 is 1.04 bits per heavy atom. The minimum Gasteiger partial charge on any atom is -0.478 e. The van der Waals surface area contributed by atoms with Gasteiger partial charge < -0.3 is 20.4 Å². The first-order valence-electron chi connectivity index (χ1n) is 8.90. The zero-order chi connectivity index (χ0) is 18.6. The molecule has 4 N–H and O–H groups in total. The molecule has 24 heavy (non-hydrogen) atoms. The Labute approximate surface area is 145 Å². The number of carbonyl (C=O) groups is 2.